The van der Waals surface area contributed by atoms with E-state index in [1.807, 2.05) is 0 Å². The third-order valence-electron chi connectivity index (χ3n) is 3.30. The first-order valence-electron chi connectivity index (χ1n) is 7.48. The highest BCUT2D eigenvalue weighted by molar-refractivity contribution is 6.60. The van der Waals surface area contributed by atoms with Gasteiger partial charge in [0.2, 0.25) is 0 Å². The van der Waals surface area contributed by atoms with Gasteiger partial charge in [-0.2, -0.15) is 0 Å². The lowest BCUT2D eigenvalue weighted by atomic mass is 10.1. The minimum atomic E-state index is -2.33. The smallest absolute Gasteiger partial charge is 0.381 e. The highest BCUT2D eigenvalue weighted by Gasteiger charge is 2.36. The van der Waals surface area contributed by atoms with Crippen molar-refractivity contribution in [2.45, 2.75) is 57.9 Å². The maximum absolute atomic E-state index is 5.45. The van der Waals surface area contributed by atoms with Crippen molar-refractivity contribution in [3.8, 4) is 0 Å². The minimum Gasteiger partial charge on any atom is -0.381 e. The fourth-order valence-electron chi connectivity index (χ4n) is 2.06. The maximum atomic E-state index is 5.45. The predicted molar refractivity (Wildman–Crippen MR) is 80.4 cm³/mol. The molecule has 0 aromatic rings. The Bertz CT molecular complexity index is 178. The topological polar surface area (TPSA) is 36.9 Å². The molecule has 0 atom stereocenters. The summed E-state index contributed by atoms with van der Waals surface area (Å²) in [4.78, 5) is 0. The second-order valence-corrected chi connectivity index (χ2v) is 7.87. The third-order valence-corrected chi connectivity index (χ3v) is 6.14. The minimum absolute atomic E-state index is 0.901. The Morgan fingerprint density at radius 2 is 1.21 bits per heavy atom. The van der Waals surface area contributed by atoms with Gasteiger partial charge in [0.25, 0.3) is 0 Å². The van der Waals surface area contributed by atoms with Gasteiger partial charge in [0, 0.05) is 40.6 Å². The number of hydrogen-bond acceptors (Lipinski definition) is 4. The van der Waals surface area contributed by atoms with E-state index in [4.69, 9.17) is 18.0 Å². The second kappa shape index (κ2) is 13.1. The summed E-state index contributed by atoms with van der Waals surface area (Å²) in [6.07, 6.45) is 8.48. The molecule has 0 aromatic heterocycles. The van der Waals surface area contributed by atoms with Crippen LogP contribution in [0.25, 0.3) is 0 Å². The Hall–Kier alpha value is 0.0569. The first-order chi connectivity index (χ1) is 9.24. The molecule has 0 N–H and O–H groups in total. The van der Waals surface area contributed by atoms with E-state index >= 15 is 0 Å². The number of hydrogen-bond donors (Lipinski definition) is 0. The SMILES string of the molecule is CCCOCCCCCCCC[Si](OC)(OC)OC. The first-order valence-corrected chi connectivity index (χ1v) is 9.41. The quantitative estimate of drug-likeness (QED) is 0.362. The van der Waals surface area contributed by atoms with Crippen LogP contribution in [0.1, 0.15) is 51.9 Å². The summed E-state index contributed by atoms with van der Waals surface area (Å²) in [6, 6.07) is 0.913. The molecule has 0 radical (unpaired) electrons. The highest BCUT2D eigenvalue weighted by Crippen LogP contribution is 2.18. The van der Waals surface area contributed by atoms with E-state index in [1.165, 1.54) is 32.1 Å². The summed E-state index contributed by atoms with van der Waals surface area (Å²) in [6.45, 7) is 3.96. The molecule has 0 heterocycles. The van der Waals surface area contributed by atoms with E-state index in [0.717, 1.165) is 32.1 Å². The zero-order valence-electron chi connectivity index (χ0n) is 13.2. The van der Waals surface area contributed by atoms with Crippen molar-refractivity contribution in [3.05, 3.63) is 0 Å². The lowest BCUT2D eigenvalue weighted by molar-refractivity contribution is 0.122. The van der Waals surface area contributed by atoms with Crippen LogP contribution >= 0.6 is 0 Å². The van der Waals surface area contributed by atoms with Crippen LogP contribution in [0.5, 0.6) is 0 Å². The Morgan fingerprint density at radius 3 is 1.74 bits per heavy atom. The van der Waals surface area contributed by atoms with E-state index in [9.17, 15) is 0 Å². The van der Waals surface area contributed by atoms with Crippen LogP contribution in [0.15, 0.2) is 0 Å². The van der Waals surface area contributed by atoms with Crippen LogP contribution in [0.2, 0.25) is 6.04 Å². The molecule has 19 heavy (non-hydrogen) atoms. The van der Waals surface area contributed by atoms with Crippen molar-refractivity contribution < 1.29 is 18.0 Å². The molecule has 0 fully saturated rings. The maximum Gasteiger partial charge on any atom is 0.500 e. The van der Waals surface area contributed by atoms with Gasteiger partial charge in [0.05, 0.1) is 0 Å². The van der Waals surface area contributed by atoms with Crippen LogP contribution in [0.4, 0.5) is 0 Å². The summed E-state index contributed by atoms with van der Waals surface area (Å²) in [5, 5.41) is 0. The van der Waals surface area contributed by atoms with Gasteiger partial charge in [0.1, 0.15) is 0 Å². The van der Waals surface area contributed by atoms with Crippen molar-refractivity contribution in [3.63, 3.8) is 0 Å². The van der Waals surface area contributed by atoms with Crippen molar-refractivity contribution in [1.82, 2.24) is 0 Å². The molecular formula is C14H32O4Si. The molecule has 0 aliphatic rings. The first kappa shape index (κ1) is 19.1. The third kappa shape index (κ3) is 9.57. The average molecular weight is 292 g/mol. The largest absolute Gasteiger partial charge is 0.500 e. The summed E-state index contributed by atoms with van der Waals surface area (Å²) in [7, 11) is 2.70. The molecule has 0 aliphatic carbocycles. The van der Waals surface area contributed by atoms with Gasteiger partial charge < -0.3 is 18.0 Å². The van der Waals surface area contributed by atoms with Crippen molar-refractivity contribution >= 4 is 8.80 Å². The molecular weight excluding hydrogens is 260 g/mol. The normalized spacial score (nSPS) is 12.0. The van der Waals surface area contributed by atoms with Crippen molar-refractivity contribution in [2.24, 2.45) is 0 Å². The summed E-state index contributed by atoms with van der Waals surface area (Å²) in [5.41, 5.74) is 0. The summed E-state index contributed by atoms with van der Waals surface area (Å²) < 4.78 is 21.6. The lowest BCUT2D eigenvalue weighted by Crippen LogP contribution is -2.42. The highest BCUT2D eigenvalue weighted by atomic mass is 28.4. The Labute approximate surface area is 120 Å². The van der Waals surface area contributed by atoms with Gasteiger partial charge in [-0.3, -0.25) is 0 Å². The zero-order chi connectivity index (χ0) is 14.4. The zero-order valence-corrected chi connectivity index (χ0v) is 14.2. The van der Waals surface area contributed by atoms with Gasteiger partial charge in [0.15, 0.2) is 0 Å². The van der Waals surface area contributed by atoms with E-state index in [-0.39, 0.29) is 0 Å². The predicted octanol–water partition coefficient (Wildman–Crippen LogP) is 3.63. The molecule has 0 amide bonds. The van der Waals surface area contributed by atoms with Crippen LogP contribution in [-0.4, -0.2) is 43.3 Å². The van der Waals surface area contributed by atoms with Crippen LogP contribution in [0, 0.1) is 0 Å². The molecule has 0 spiro atoms. The van der Waals surface area contributed by atoms with E-state index < -0.39 is 8.80 Å². The number of unbranched alkanes of at least 4 members (excludes halogenated alkanes) is 5. The Kier molecular flexibility index (Phi) is 13.1. The van der Waals surface area contributed by atoms with Gasteiger partial charge in [-0.25, -0.2) is 0 Å². The molecule has 5 heteroatoms. The molecule has 0 unspecified atom stereocenters. The summed E-state index contributed by atoms with van der Waals surface area (Å²) in [5.74, 6) is 0. The van der Waals surface area contributed by atoms with Gasteiger partial charge in [-0.05, 0) is 19.3 Å². The Balaban J connectivity index is 3.35. The van der Waals surface area contributed by atoms with Crippen molar-refractivity contribution in [1.29, 1.82) is 0 Å². The van der Waals surface area contributed by atoms with E-state index in [2.05, 4.69) is 6.92 Å². The standard InChI is InChI=1S/C14H32O4Si/c1-5-12-18-13-10-8-6-7-9-11-14-19(15-2,16-3)17-4/h5-14H2,1-4H3. The van der Waals surface area contributed by atoms with E-state index in [1.54, 1.807) is 21.3 Å². The molecule has 0 bridgehead atoms. The lowest BCUT2D eigenvalue weighted by Gasteiger charge is -2.24. The fourth-order valence-corrected chi connectivity index (χ4v) is 3.85. The second-order valence-electron chi connectivity index (χ2n) is 4.78. The van der Waals surface area contributed by atoms with E-state index in [0.29, 0.717) is 0 Å². The molecule has 0 saturated heterocycles. The average Bonchev–Trinajstić information content (AvgIpc) is 2.46. The number of ether oxygens (including phenoxy) is 1. The van der Waals surface area contributed by atoms with Crippen molar-refractivity contribution in [2.75, 3.05) is 34.5 Å². The summed E-state index contributed by atoms with van der Waals surface area (Å²) >= 11 is 0. The van der Waals surface area contributed by atoms with Gasteiger partial charge >= 0.3 is 8.80 Å². The molecule has 0 aromatic carbocycles. The van der Waals surface area contributed by atoms with Crippen LogP contribution in [0.3, 0.4) is 0 Å². The molecule has 4 nitrogen and oxygen atoms in total. The molecule has 0 aliphatic heterocycles. The van der Waals surface area contributed by atoms with Gasteiger partial charge in [-0.1, -0.05) is 32.6 Å². The van der Waals surface area contributed by atoms with Crippen LogP contribution in [-0.2, 0) is 18.0 Å². The van der Waals surface area contributed by atoms with Gasteiger partial charge in [-0.15, -0.1) is 0 Å². The fraction of sp³-hybridized carbons (Fsp3) is 1.00. The number of rotatable bonds is 14. The monoisotopic (exact) mass is 292 g/mol. The van der Waals surface area contributed by atoms with Crippen LogP contribution < -0.4 is 0 Å². The Morgan fingerprint density at radius 1 is 0.684 bits per heavy atom. The molecule has 116 valence electrons. The molecule has 0 rings (SSSR count). The molecule has 0 saturated carbocycles.